The molecule has 5 heteroatoms. The van der Waals surface area contributed by atoms with E-state index in [2.05, 4.69) is 12.2 Å². The standard InChI is InChI=1S/C7H13N3O2/c1-2-4-9-5-3-8-7(9)6-10(11)12/h6,8H,2-5H2,1H3/b7-6+. The van der Waals surface area contributed by atoms with Crippen molar-refractivity contribution in [3.63, 3.8) is 0 Å². The van der Waals surface area contributed by atoms with Gasteiger partial charge in [-0.1, -0.05) is 6.92 Å². The molecule has 1 aliphatic rings. The Balaban J connectivity index is 2.57. The summed E-state index contributed by atoms with van der Waals surface area (Å²) in [5.74, 6) is 0.641. The summed E-state index contributed by atoms with van der Waals surface area (Å²) in [5.41, 5.74) is 0. The Kier molecular flexibility index (Phi) is 2.90. The van der Waals surface area contributed by atoms with Gasteiger partial charge in [-0.25, -0.2) is 0 Å². The minimum Gasteiger partial charge on any atom is -0.365 e. The molecule has 0 saturated carbocycles. The van der Waals surface area contributed by atoms with Crippen LogP contribution in [0.4, 0.5) is 0 Å². The minimum atomic E-state index is -0.420. The van der Waals surface area contributed by atoms with Gasteiger partial charge in [0, 0.05) is 19.6 Å². The van der Waals surface area contributed by atoms with E-state index >= 15 is 0 Å². The van der Waals surface area contributed by atoms with Gasteiger partial charge >= 0.3 is 0 Å². The zero-order chi connectivity index (χ0) is 8.97. The molecule has 0 bridgehead atoms. The Bertz CT molecular complexity index is 203. The van der Waals surface area contributed by atoms with Crippen molar-refractivity contribution in [2.75, 3.05) is 19.6 Å². The van der Waals surface area contributed by atoms with E-state index in [1.807, 2.05) is 4.90 Å². The third kappa shape index (κ3) is 2.11. The molecule has 0 radical (unpaired) electrons. The Hall–Kier alpha value is -1.26. The molecular weight excluding hydrogens is 158 g/mol. The van der Waals surface area contributed by atoms with Gasteiger partial charge in [0.2, 0.25) is 0 Å². The Morgan fingerprint density at radius 3 is 3.17 bits per heavy atom. The average Bonchev–Trinajstić information content (AvgIpc) is 2.37. The predicted octanol–water partition coefficient (Wildman–Crippen LogP) is 0.377. The van der Waals surface area contributed by atoms with Gasteiger partial charge in [0.1, 0.15) is 0 Å². The van der Waals surface area contributed by atoms with Crippen molar-refractivity contribution in [3.8, 4) is 0 Å². The lowest BCUT2D eigenvalue weighted by Crippen LogP contribution is -2.21. The molecule has 1 rings (SSSR count). The molecule has 12 heavy (non-hydrogen) atoms. The summed E-state index contributed by atoms with van der Waals surface area (Å²) in [5, 5.41) is 13.1. The molecule has 5 nitrogen and oxygen atoms in total. The summed E-state index contributed by atoms with van der Waals surface area (Å²) in [6, 6.07) is 0. The molecule has 0 aromatic rings. The summed E-state index contributed by atoms with van der Waals surface area (Å²) >= 11 is 0. The lowest BCUT2D eigenvalue weighted by atomic mass is 10.4. The number of rotatable bonds is 3. The monoisotopic (exact) mass is 171 g/mol. The van der Waals surface area contributed by atoms with Crippen LogP contribution in [0.1, 0.15) is 13.3 Å². The highest BCUT2D eigenvalue weighted by Crippen LogP contribution is 2.06. The molecule has 0 aliphatic carbocycles. The van der Waals surface area contributed by atoms with E-state index < -0.39 is 4.92 Å². The highest BCUT2D eigenvalue weighted by molar-refractivity contribution is 4.99. The van der Waals surface area contributed by atoms with Crippen molar-refractivity contribution in [1.29, 1.82) is 0 Å². The summed E-state index contributed by atoms with van der Waals surface area (Å²) in [6.07, 6.45) is 2.04. The summed E-state index contributed by atoms with van der Waals surface area (Å²) < 4.78 is 0. The number of nitrogens with one attached hydrogen (secondary N) is 1. The van der Waals surface area contributed by atoms with Gasteiger partial charge in [-0.2, -0.15) is 0 Å². The maximum Gasteiger partial charge on any atom is 0.274 e. The minimum absolute atomic E-state index is 0.420. The number of nitrogens with zero attached hydrogens (tertiary/aromatic N) is 2. The molecule has 68 valence electrons. The molecular formula is C7H13N3O2. The SMILES string of the molecule is CCCN1CCN/C1=C\[N+](=O)[O-]. The van der Waals surface area contributed by atoms with E-state index in [1.54, 1.807) is 0 Å². The van der Waals surface area contributed by atoms with Crippen molar-refractivity contribution in [2.45, 2.75) is 13.3 Å². The second-order valence-electron chi connectivity index (χ2n) is 2.71. The Labute approximate surface area is 71.2 Å². The lowest BCUT2D eigenvalue weighted by Gasteiger charge is -2.14. The van der Waals surface area contributed by atoms with Crippen LogP contribution >= 0.6 is 0 Å². The van der Waals surface area contributed by atoms with Crippen LogP contribution in [0.2, 0.25) is 0 Å². The summed E-state index contributed by atoms with van der Waals surface area (Å²) in [4.78, 5) is 11.7. The largest absolute Gasteiger partial charge is 0.365 e. The van der Waals surface area contributed by atoms with E-state index in [9.17, 15) is 10.1 Å². The van der Waals surface area contributed by atoms with Crippen LogP contribution in [0.15, 0.2) is 12.0 Å². The second-order valence-corrected chi connectivity index (χ2v) is 2.71. The zero-order valence-electron chi connectivity index (χ0n) is 7.12. The van der Waals surface area contributed by atoms with Crippen LogP contribution in [0.5, 0.6) is 0 Å². The first-order valence-electron chi connectivity index (χ1n) is 4.08. The fourth-order valence-corrected chi connectivity index (χ4v) is 1.28. The van der Waals surface area contributed by atoms with Crippen LogP contribution in [0.25, 0.3) is 0 Å². The number of hydrogen-bond acceptors (Lipinski definition) is 4. The van der Waals surface area contributed by atoms with Gasteiger partial charge in [0.15, 0.2) is 5.82 Å². The van der Waals surface area contributed by atoms with E-state index in [4.69, 9.17) is 0 Å². The summed E-state index contributed by atoms with van der Waals surface area (Å²) in [6.45, 7) is 4.61. The van der Waals surface area contributed by atoms with Crippen LogP contribution < -0.4 is 5.32 Å². The van der Waals surface area contributed by atoms with Crippen molar-refractivity contribution < 1.29 is 4.92 Å². The molecule has 1 saturated heterocycles. The molecule has 1 heterocycles. The van der Waals surface area contributed by atoms with Gasteiger partial charge in [0.25, 0.3) is 6.20 Å². The average molecular weight is 171 g/mol. The Morgan fingerprint density at radius 2 is 2.58 bits per heavy atom. The van der Waals surface area contributed by atoms with Gasteiger partial charge in [-0.15, -0.1) is 0 Å². The van der Waals surface area contributed by atoms with Crippen LogP contribution in [-0.4, -0.2) is 29.5 Å². The zero-order valence-corrected chi connectivity index (χ0v) is 7.12. The van der Waals surface area contributed by atoms with Crippen molar-refractivity contribution >= 4 is 0 Å². The molecule has 0 unspecified atom stereocenters. The van der Waals surface area contributed by atoms with Gasteiger partial charge < -0.3 is 10.2 Å². The summed E-state index contributed by atoms with van der Waals surface area (Å²) in [7, 11) is 0. The maximum atomic E-state index is 10.2. The molecule has 1 N–H and O–H groups in total. The molecule has 1 aliphatic heterocycles. The molecule has 0 atom stereocenters. The van der Waals surface area contributed by atoms with Crippen molar-refractivity contribution in [2.24, 2.45) is 0 Å². The van der Waals surface area contributed by atoms with Crippen molar-refractivity contribution in [1.82, 2.24) is 10.2 Å². The van der Waals surface area contributed by atoms with Gasteiger partial charge in [0.05, 0.1) is 4.92 Å². The topological polar surface area (TPSA) is 58.4 Å². The third-order valence-electron chi connectivity index (χ3n) is 1.75. The highest BCUT2D eigenvalue weighted by atomic mass is 16.6. The third-order valence-corrected chi connectivity index (χ3v) is 1.75. The van der Waals surface area contributed by atoms with E-state index in [0.717, 1.165) is 32.3 Å². The first-order chi connectivity index (χ1) is 5.74. The fourth-order valence-electron chi connectivity index (χ4n) is 1.28. The first kappa shape index (κ1) is 8.83. The maximum absolute atomic E-state index is 10.2. The Morgan fingerprint density at radius 1 is 1.83 bits per heavy atom. The van der Waals surface area contributed by atoms with Crippen LogP contribution in [-0.2, 0) is 0 Å². The van der Waals surface area contributed by atoms with E-state index in [1.165, 1.54) is 0 Å². The fraction of sp³-hybridized carbons (Fsp3) is 0.714. The van der Waals surface area contributed by atoms with E-state index in [-0.39, 0.29) is 0 Å². The van der Waals surface area contributed by atoms with Crippen LogP contribution in [0.3, 0.4) is 0 Å². The number of hydrogen-bond donors (Lipinski definition) is 1. The van der Waals surface area contributed by atoms with Gasteiger partial charge in [-0.3, -0.25) is 10.1 Å². The highest BCUT2D eigenvalue weighted by Gasteiger charge is 2.17. The second kappa shape index (κ2) is 3.94. The van der Waals surface area contributed by atoms with Crippen LogP contribution in [0, 0.1) is 10.1 Å². The smallest absolute Gasteiger partial charge is 0.274 e. The molecule has 1 fully saturated rings. The molecule has 0 spiro atoms. The molecule has 0 aromatic heterocycles. The first-order valence-corrected chi connectivity index (χ1v) is 4.08. The quantitative estimate of drug-likeness (QED) is 0.492. The van der Waals surface area contributed by atoms with E-state index in [0.29, 0.717) is 5.82 Å². The van der Waals surface area contributed by atoms with Crippen molar-refractivity contribution in [3.05, 3.63) is 22.1 Å². The number of nitro groups is 1. The normalized spacial score (nSPS) is 19.8. The lowest BCUT2D eigenvalue weighted by molar-refractivity contribution is -0.404. The molecule has 0 aromatic carbocycles. The van der Waals surface area contributed by atoms with Gasteiger partial charge in [-0.05, 0) is 6.42 Å². The predicted molar refractivity (Wildman–Crippen MR) is 44.9 cm³/mol. The molecule has 0 amide bonds.